The van der Waals surface area contributed by atoms with Crippen LogP contribution in [-0.4, -0.2) is 36.6 Å². The molecule has 0 aliphatic rings. The minimum absolute atomic E-state index is 0.220. The maximum atomic E-state index is 10.1. The number of carbonyl (C=O) groups is 1. The second-order valence-electron chi connectivity index (χ2n) is 9.30. The van der Waals surface area contributed by atoms with E-state index in [1.54, 1.807) is 18.2 Å². The second kappa shape index (κ2) is 12.1. The van der Waals surface area contributed by atoms with Gasteiger partial charge in [0.25, 0.3) is 0 Å². The van der Waals surface area contributed by atoms with Crippen LogP contribution in [-0.2, 0) is 0 Å². The van der Waals surface area contributed by atoms with Crippen molar-refractivity contribution < 1.29 is 14.4 Å². The lowest BCUT2D eigenvalue weighted by atomic mass is 10.0. The molecule has 1 aromatic rings. The Hall–Kier alpha value is -1.35. The summed E-state index contributed by atoms with van der Waals surface area (Å²) in [5.74, 6) is 2.06. The highest BCUT2D eigenvalue weighted by Crippen LogP contribution is 2.21. The third-order valence-corrected chi connectivity index (χ3v) is 4.02. The molecule has 0 aromatic heterocycles. The fourth-order valence-electron chi connectivity index (χ4n) is 4.12. The largest absolute Gasteiger partial charge is 0.545 e. The molecule has 0 heterocycles. The Morgan fingerprint density at radius 3 is 1.23 bits per heavy atom. The number of carbonyl (C=O) groups excluding carboxylic acids is 1. The lowest BCUT2D eigenvalue weighted by molar-refractivity contribution is -0.938. The number of hydrogen-bond donors (Lipinski definition) is 0. The maximum absolute atomic E-state index is 10.1. The van der Waals surface area contributed by atoms with Gasteiger partial charge in [-0.3, -0.25) is 0 Å². The molecular weight excluding hydrogens is 322 g/mol. The average molecular weight is 364 g/mol. The smallest absolute Gasteiger partial charge is 0.0810 e. The SMILES string of the molecule is CC(C)C[N+](CC(C)C)(CC(C)C)CC(C)C.O=C([O-])c1ccccc1. The van der Waals surface area contributed by atoms with E-state index < -0.39 is 5.97 Å². The van der Waals surface area contributed by atoms with Crippen LogP contribution >= 0.6 is 0 Å². The Morgan fingerprint density at radius 1 is 0.731 bits per heavy atom. The monoisotopic (exact) mass is 363 g/mol. The molecule has 0 unspecified atom stereocenters. The van der Waals surface area contributed by atoms with E-state index in [1.807, 2.05) is 0 Å². The first-order chi connectivity index (χ1) is 12.0. The van der Waals surface area contributed by atoms with Gasteiger partial charge in [-0.05, 0) is 5.56 Å². The zero-order valence-corrected chi connectivity index (χ0v) is 18.3. The lowest BCUT2D eigenvalue weighted by Crippen LogP contribution is -2.56. The molecule has 0 amide bonds. The van der Waals surface area contributed by atoms with Gasteiger partial charge in [-0.2, -0.15) is 0 Å². The normalized spacial score (nSPS) is 11.8. The number of aromatic carboxylic acids is 1. The van der Waals surface area contributed by atoms with Crippen molar-refractivity contribution in [1.29, 1.82) is 0 Å². The third-order valence-electron chi connectivity index (χ3n) is 4.02. The van der Waals surface area contributed by atoms with Crippen LogP contribution < -0.4 is 5.11 Å². The number of nitrogens with zero attached hydrogens (tertiary/aromatic N) is 1. The molecule has 0 saturated heterocycles. The number of hydrogen-bond acceptors (Lipinski definition) is 2. The lowest BCUT2D eigenvalue weighted by Gasteiger charge is -2.44. The van der Waals surface area contributed by atoms with Crippen molar-refractivity contribution in [3.05, 3.63) is 35.9 Å². The molecule has 3 heteroatoms. The molecule has 0 saturated carbocycles. The number of carboxylic acid groups (broad SMARTS) is 1. The van der Waals surface area contributed by atoms with Gasteiger partial charge in [0, 0.05) is 23.7 Å². The van der Waals surface area contributed by atoms with Gasteiger partial charge in [-0.25, -0.2) is 0 Å². The molecular formula is C23H41NO2. The van der Waals surface area contributed by atoms with E-state index >= 15 is 0 Å². The summed E-state index contributed by atoms with van der Waals surface area (Å²) in [4.78, 5) is 10.1. The van der Waals surface area contributed by atoms with Gasteiger partial charge in [0.1, 0.15) is 0 Å². The van der Waals surface area contributed by atoms with Crippen LogP contribution in [0, 0.1) is 23.7 Å². The van der Waals surface area contributed by atoms with Crippen LogP contribution in [0.25, 0.3) is 0 Å². The van der Waals surface area contributed by atoms with Crippen molar-refractivity contribution in [3.8, 4) is 0 Å². The Kier molecular flexibility index (Phi) is 11.5. The van der Waals surface area contributed by atoms with Gasteiger partial charge in [-0.15, -0.1) is 0 Å². The molecule has 0 N–H and O–H groups in total. The van der Waals surface area contributed by atoms with Crippen LogP contribution in [0.3, 0.4) is 0 Å². The van der Waals surface area contributed by atoms with Gasteiger partial charge >= 0.3 is 0 Å². The van der Waals surface area contributed by atoms with E-state index in [0.717, 1.165) is 23.7 Å². The summed E-state index contributed by atoms with van der Waals surface area (Å²) >= 11 is 0. The van der Waals surface area contributed by atoms with E-state index in [1.165, 1.54) is 42.8 Å². The standard InChI is InChI=1S/C16H36N.C7H6O2/c1-13(2)9-17(10-14(3)4,11-15(5)6)12-16(7)8;8-7(9)6-4-2-1-3-5-6/h13-16H,9-12H2,1-8H3;1-5H,(H,8,9)/q+1;/p-1. The van der Waals surface area contributed by atoms with Crippen LogP contribution in [0.5, 0.6) is 0 Å². The van der Waals surface area contributed by atoms with E-state index in [-0.39, 0.29) is 5.56 Å². The molecule has 0 radical (unpaired) electrons. The van der Waals surface area contributed by atoms with E-state index in [0.29, 0.717) is 0 Å². The highest BCUT2D eigenvalue weighted by Gasteiger charge is 2.31. The first-order valence-electron chi connectivity index (χ1n) is 10.1. The van der Waals surface area contributed by atoms with Crippen LogP contribution in [0.15, 0.2) is 30.3 Å². The predicted molar refractivity (Wildman–Crippen MR) is 110 cm³/mol. The Bertz CT molecular complexity index is 447. The van der Waals surface area contributed by atoms with Gasteiger partial charge in [-0.1, -0.05) is 85.7 Å². The Morgan fingerprint density at radius 2 is 1.04 bits per heavy atom. The van der Waals surface area contributed by atoms with Crippen molar-refractivity contribution in [3.63, 3.8) is 0 Å². The summed E-state index contributed by atoms with van der Waals surface area (Å²) < 4.78 is 1.32. The van der Waals surface area contributed by atoms with Crippen molar-refractivity contribution >= 4 is 5.97 Å². The summed E-state index contributed by atoms with van der Waals surface area (Å²) in [5, 5.41) is 10.1. The van der Waals surface area contributed by atoms with Gasteiger partial charge < -0.3 is 14.4 Å². The first-order valence-corrected chi connectivity index (χ1v) is 10.1. The molecule has 0 aliphatic carbocycles. The fraction of sp³-hybridized carbons (Fsp3) is 0.696. The molecule has 26 heavy (non-hydrogen) atoms. The molecule has 0 bridgehead atoms. The van der Waals surface area contributed by atoms with Gasteiger partial charge in [0.05, 0.1) is 32.1 Å². The summed E-state index contributed by atoms with van der Waals surface area (Å²) in [7, 11) is 0. The molecule has 1 rings (SSSR count). The first kappa shape index (κ1) is 24.7. The van der Waals surface area contributed by atoms with Gasteiger partial charge in [0.15, 0.2) is 0 Å². The van der Waals surface area contributed by atoms with Crippen molar-refractivity contribution in [2.24, 2.45) is 23.7 Å². The Balaban J connectivity index is 0.000000577. The highest BCUT2D eigenvalue weighted by molar-refractivity contribution is 5.85. The minimum atomic E-state index is -1.13. The predicted octanol–water partition coefficient (Wildman–Crippen LogP) is 4.48. The number of rotatable bonds is 9. The van der Waals surface area contributed by atoms with Crippen molar-refractivity contribution in [2.75, 3.05) is 26.2 Å². The van der Waals surface area contributed by atoms with Crippen molar-refractivity contribution in [1.82, 2.24) is 0 Å². The molecule has 150 valence electrons. The second-order valence-corrected chi connectivity index (χ2v) is 9.30. The molecule has 0 aliphatic heterocycles. The molecule has 3 nitrogen and oxygen atoms in total. The van der Waals surface area contributed by atoms with Crippen LogP contribution in [0.4, 0.5) is 0 Å². The summed E-state index contributed by atoms with van der Waals surface area (Å²) in [6.07, 6.45) is 0. The summed E-state index contributed by atoms with van der Waals surface area (Å²) in [5.41, 5.74) is 0.220. The summed E-state index contributed by atoms with van der Waals surface area (Å²) in [6, 6.07) is 8.06. The zero-order valence-electron chi connectivity index (χ0n) is 18.3. The molecule has 0 atom stereocenters. The van der Waals surface area contributed by atoms with Crippen LogP contribution in [0.2, 0.25) is 0 Å². The van der Waals surface area contributed by atoms with E-state index in [4.69, 9.17) is 0 Å². The molecule has 1 aromatic carbocycles. The average Bonchev–Trinajstić information content (AvgIpc) is 2.45. The topological polar surface area (TPSA) is 40.1 Å². The van der Waals surface area contributed by atoms with E-state index in [2.05, 4.69) is 55.4 Å². The quantitative estimate of drug-likeness (QED) is 0.607. The zero-order chi connectivity index (χ0) is 20.3. The Labute approximate surface area is 162 Å². The third kappa shape index (κ3) is 11.3. The molecule has 0 fully saturated rings. The van der Waals surface area contributed by atoms with Crippen molar-refractivity contribution in [2.45, 2.75) is 55.4 Å². The summed E-state index contributed by atoms with van der Waals surface area (Å²) in [6.45, 7) is 24.3. The van der Waals surface area contributed by atoms with Gasteiger partial charge in [0.2, 0.25) is 0 Å². The van der Waals surface area contributed by atoms with Crippen LogP contribution in [0.1, 0.15) is 65.7 Å². The highest BCUT2D eigenvalue weighted by atomic mass is 16.4. The number of benzene rings is 1. The number of quaternary nitrogens is 1. The maximum Gasteiger partial charge on any atom is 0.0810 e. The van der Waals surface area contributed by atoms with E-state index in [9.17, 15) is 9.90 Å². The fourth-order valence-corrected chi connectivity index (χ4v) is 4.12. The minimum Gasteiger partial charge on any atom is -0.545 e. The number of carboxylic acids is 1. The molecule has 0 spiro atoms.